The molecular formula is C12H13BrN2. The van der Waals surface area contributed by atoms with E-state index in [1.54, 1.807) is 0 Å². The minimum atomic E-state index is 0.791. The first-order chi connectivity index (χ1) is 7.18. The average molecular weight is 265 g/mol. The van der Waals surface area contributed by atoms with Crippen molar-refractivity contribution in [3.05, 3.63) is 59.1 Å². The third kappa shape index (κ3) is 5.08. The first-order valence-corrected chi connectivity index (χ1v) is 5.29. The number of nitrogen functional groups attached to an aromatic ring is 2. The van der Waals surface area contributed by atoms with Gasteiger partial charge in [-0.15, -0.1) is 0 Å². The second kappa shape index (κ2) is 6.09. The largest absolute Gasteiger partial charge is 0.399 e. The molecule has 0 aromatic heterocycles. The number of halogens is 1. The standard InChI is InChI=1S/C6H6BrN.C6H7N/c7-5-2-1-3-6(8)4-5;7-6-4-2-1-3-5-6/h1-4H,8H2;1-5H,7H2. The minimum absolute atomic E-state index is 0.791. The molecule has 0 bridgehead atoms. The van der Waals surface area contributed by atoms with Crippen LogP contribution in [0.1, 0.15) is 0 Å². The van der Waals surface area contributed by atoms with Crippen LogP contribution in [0.15, 0.2) is 59.1 Å². The van der Waals surface area contributed by atoms with Gasteiger partial charge >= 0.3 is 0 Å². The van der Waals surface area contributed by atoms with Crippen molar-refractivity contribution in [3.8, 4) is 0 Å². The number of benzene rings is 2. The van der Waals surface area contributed by atoms with Gasteiger partial charge in [-0.3, -0.25) is 0 Å². The summed E-state index contributed by atoms with van der Waals surface area (Å²) in [5.41, 5.74) is 12.4. The lowest BCUT2D eigenvalue weighted by Gasteiger charge is -1.89. The molecule has 0 saturated heterocycles. The van der Waals surface area contributed by atoms with Crippen LogP contribution in [0, 0.1) is 0 Å². The third-order valence-electron chi connectivity index (χ3n) is 1.65. The van der Waals surface area contributed by atoms with Crippen LogP contribution in [0.5, 0.6) is 0 Å². The van der Waals surface area contributed by atoms with E-state index in [-0.39, 0.29) is 0 Å². The smallest absolute Gasteiger partial charge is 0.0325 e. The van der Waals surface area contributed by atoms with Gasteiger partial charge < -0.3 is 11.5 Å². The Bertz CT molecular complexity index is 384. The van der Waals surface area contributed by atoms with Crippen molar-refractivity contribution < 1.29 is 0 Å². The van der Waals surface area contributed by atoms with Crippen molar-refractivity contribution in [3.63, 3.8) is 0 Å². The second-order valence-corrected chi connectivity index (χ2v) is 3.88. The zero-order valence-corrected chi connectivity index (χ0v) is 9.81. The summed E-state index contributed by atoms with van der Waals surface area (Å²) < 4.78 is 1.03. The number of anilines is 2. The van der Waals surface area contributed by atoms with Crippen molar-refractivity contribution in [2.45, 2.75) is 0 Å². The zero-order valence-electron chi connectivity index (χ0n) is 8.23. The number of hydrogen-bond donors (Lipinski definition) is 2. The van der Waals surface area contributed by atoms with Crippen LogP contribution in [0.3, 0.4) is 0 Å². The van der Waals surface area contributed by atoms with E-state index in [2.05, 4.69) is 15.9 Å². The van der Waals surface area contributed by atoms with Crippen molar-refractivity contribution >= 4 is 27.3 Å². The third-order valence-corrected chi connectivity index (χ3v) is 2.14. The molecule has 2 aromatic carbocycles. The Morgan fingerprint density at radius 2 is 1.33 bits per heavy atom. The summed E-state index contributed by atoms with van der Waals surface area (Å²) in [5, 5.41) is 0. The fourth-order valence-electron chi connectivity index (χ4n) is 0.960. The summed E-state index contributed by atoms with van der Waals surface area (Å²) in [6.07, 6.45) is 0. The highest BCUT2D eigenvalue weighted by atomic mass is 79.9. The monoisotopic (exact) mass is 264 g/mol. The maximum atomic E-state index is 5.43. The molecular weight excluding hydrogens is 252 g/mol. The lowest BCUT2D eigenvalue weighted by Crippen LogP contribution is -1.80. The summed E-state index contributed by atoms with van der Waals surface area (Å²) in [7, 11) is 0. The van der Waals surface area contributed by atoms with Crippen LogP contribution in [-0.2, 0) is 0 Å². The molecule has 2 aromatic rings. The molecule has 0 amide bonds. The Hall–Kier alpha value is -1.48. The van der Waals surface area contributed by atoms with Gasteiger partial charge in [-0.05, 0) is 30.3 Å². The Morgan fingerprint density at radius 1 is 0.733 bits per heavy atom. The van der Waals surface area contributed by atoms with E-state index < -0.39 is 0 Å². The van der Waals surface area contributed by atoms with Gasteiger partial charge in [-0.1, -0.05) is 40.2 Å². The topological polar surface area (TPSA) is 52.0 Å². The van der Waals surface area contributed by atoms with E-state index in [1.165, 1.54) is 0 Å². The molecule has 0 saturated carbocycles. The van der Waals surface area contributed by atoms with Gasteiger partial charge in [-0.2, -0.15) is 0 Å². The Morgan fingerprint density at radius 3 is 1.67 bits per heavy atom. The van der Waals surface area contributed by atoms with E-state index in [1.807, 2.05) is 54.6 Å². The molecule has 0 spiro atoms. The van der Waals surface area contributed by atoms with Crippen molar-refractivity contribution in [2.75, 3.05) is 11.5 Å². The molecule has 0 aliphatic carbocycles. The number of rotatable bonds is 0. The molecule has 4 N–H and O–H groups in total. The molecule has 0 aliphatic rings. The molecule has 2 nitrogen and oxygen atoms in total. The maximum absolute atomic E-state index is 5.43. The molecule has 3 heteroatoms. The van der Waals surface area contributed by atoms with Gasteiger partial charge in [0, 0.05) is 15.8 Å². The molecule has 0 unspecified atom stereocenters. The summed E-state index contributed by atoms with van der Waals surface area (Å²) in [4.78, 5) is 0. The maximum Gasteiger partial charge on any atom is 0.0325 e. The summed E-state index contributed by atoms with van der Waals surface area (Å²) in [6.45, 7) is 0. The van der Waals surface area contributed by atoms with Crippen LogP contribution in [-0.4, -0.2) is 0 Å². The first kappa shape index (κ1) is 11.6. The fourth-order valence-corrected chi connectivity index (χ4v) is 1.38. The van der Waals surface area contributed by atoms with Crippen molar-refractivity contribution in [2.24, 2.45) is 0 Å². The second-order valence-electron chi connectivity index (χ2n) is 2.97. The van der Waals surface area contributed by atoms with E-state index in [0.29, 0.717) is 0 Å². The van der Waals surface area contributed by atoms with Crippen LogP contribution in [0.25, 0.3) is 0 Å². The highest BCUT2D eigenvalue weighted by Crippen LogP contribution is 2.11. The van der Waals surface area contributed by atoms with Crippen LogP contribution >= 0.6 is 15.9 Å². The molecule has 0 fully saturated rings. The van der Waals surface area contributed by atoms with Gasteiger partial charge in [0.25, 0.3) is 0 Å². The number of nitrogens with two attached hydrogens (primary N) is 2. The lowest BCUT2D eigenvalue weighted by atomic mass is 10.3. The fraction of sp³-hybridized carbons (Fsp3) is 0. The minimum Gasteiger partial charge on any atom is -0.399 e. The van der Waals surface area contributed by atoms with E-state index in [0.717, 1.165) is 15.8 Å². The van der Waals surface area contributed by atoms with Gasteiger partial charge in [0.1, 0.15) is 0 Å². The summed E-state index contributed by atoms with van der Waals surface area (Å²) >= 11 is 3.28. The van der Waals surface area contributed by atoms with Crippen LogP contribution in [0.2, 0.25) is 0 Å². The Kier molecular flexibility index (Phi) is 4.71. The van der Waals surface area contributed by atoms with Gasteiger partial charge in [0.15, 0.2) is 0 Å². The molecule has 0 heterocycles. The summed E-state index contributed by atoms with van der Waals surface area (Å²) in [6, 6.07) is 17.0. The lowest BCUT2D eigenvalue weighted by molar-refractivity contribution is 1.64. The molecule has 78 valence electrons. The number of para-hydroxylation sites is 1. The molecule has 0 aliphatic heterocycles. The average Bonchev–Trinajstić information content (AvgIpc) is 2.19. The van der Waals surface area contributed by atoms with E-state index in [4.69, 9.17) is 11.5 Å². The van der Waals surface area contributed by atoms with Crippen LogP contribution in [0.4, 0.5) is 11.4 Å². The highest BCUT2D eigenvalue weighted by molar-refractivity contribution is 9.10. The predicted octanol–water partition coefficient (Wildman–Crippen LogP) is 3.30. The number of hydrogen-bond acceptors (Lipinski definition) is 2. The van der Waals surface area contributed by atoms with Gasteiger partial charge in [-0.25, -0.2) is 0 Å². The van der Waals surface area contributed by atoms with E-state index >= 15 is 0 Å². The highest BCUT2D eigenvalue weighted by Gasteiger charge is 1.82. The molecule has 0 atom stereocenters. The van der Waals surface area contributed by atoms with Gasteiger partial charge in [0.2, 0.25) is 0 Å². The van der Waals surface area contributed by atoms with Crippen LogP contribution < -0.4 is 11.5 Å². The summed E-state index contributed by atoms with van der Waals surface area (Å²) in [5.74, 6) is 0. The predicted molar refractivity (Wildman–Crippen MR) is 69.4 cm³/mol. The molecule has 15 heavy (non-hydrogen) atoms. The molecule has 0 radical (unpaired) electrons. The molecule has 2 rings (SSSR count). The zero-order chi connectivity index (χ0) is 11.1. The van der Waals surface area contributed by atoms with Gasteiger partial charge in [0.05, 0.1) is 0 Å². The normalized spacial score (nSPS) is 8.87. The van der Waals surface area contributed by atoms with Crippen molar-refractivity contribution in [1.29, 1.82) is 0 Å². The Balaban J connectivity index is 0.000000151. The first-order valence-electron chi connectivity index (χ1n) is 4.50. The SMILES string of the molecule is Nc1cccc(Br)c1.Nc1ccccc1. The quantitative estimate of drug-likeness (QED) is 0.718. The van der Waals surface area contributed by atoms with Crippen molar-refractivity contribution in [1.82, 2.24) is 0 Å². The Labute approximate surface area is 98.0 Å². The van der Waals surface area contributed by atoms with E-state index in [9.17, 15) is 0 Å².